The van der Waals surface area contributed by atoms with Crippen LogP contribution in [0.15, 0.2) is 126 Å². The minimum atomic E-state index is -0.267. The lowest BCUT2D eigenvalue weighted by molar-refractivity contribution is -0.118. The van der Waals surface area contributed by atoms with Crippen LogP contribution in [-0.2, 0) is 4.79 Å². The fourth-order valence-electron chi connectivity index (χ4n) is 4.33. The second-order valence-corrected chi connectivity index (χ2v) is 10.3. The SMILES string of the molecule is Cc1ccc(-c2nn(-c3ccccc3)cc2/C=N\NC(=O)CSc2nnc(-c3ccncc3)n2-c2ccccc2)cc1. The third-order valence-corrected chi connectivity index (χ3v) is 7.33. The van der Waals surface area contributed by atoms with Gasteiger partial charge in [-0.2, -0.15) is 10.2 Å². The molecule has 1 amide bonds. The summed E-state index contributed by atoms with van der Waals surface area (Å²) in [5.74, 6) is 0.507. The molecule has 0 unspecified atom stereocenters. The molecule has 6 aromatic rings. The summed E-state index contributed by atoms with van der Waals surface area (Å²) in [6.07, 6.45) is 6.95. The monoisotopic (exact) mass is 570 g/mol. The standard InChI is InChI=1S/C32H26N8OS/c1-23-12-14-24(15-13-23)30-26(21-39(38-30)27-8-4-2-5-9-27)20-34-35-29(41)22-42-32-37-36-31(25-16-18-33-19-17-25)40(32)28-10-6-3-7-11-28/h2-21H,22H2,1H3,(H,35,41)/b34-20-. The lowest BCUT2D eigenvalue weighted by Gasteiger charge is -2.10. The first kappa shape index (κ1) is 26.9. The minimum Gasteiger partial charge on any atom is -0.272 e. The zero-order valence-corrected chi connectivity index (χ0v) is 23.5. The molecular weight excluding hydrogens is 544 g/mol. The quantitative estimate of drug-likeness (QED) is 0.135. The Kier molecular flexibility index (Phi) is 7.96. The zero-order valence-electron chi connectivity index (χ0n) is 22.7. The molecule has 0 atom stereocenters. The van der Waals surface area contributed by atoms with Crippen LogP contribution in [0.4, 0.5) is 0 Å². The summed E-state index contributed by atoms with van der Waals surface area (Å²) in [7, 11) is 0. The number of hydrogen-bond donors (Lipinski definition) is 1. The highest BCUT2D eigenvalue weighted by Crippen LogP contribution is 2.28. The molecule has 0 aliphatic rings. The van der Waals surface area contributed by atoms with Gasteiger partial charge >= 0.3 is 0 Å². The van der Waals surface area contributed by atoms with Gasteiger partial charge in [-0.05, 0) is 43.3 Å². The van der Waals surface area contributed by atoms with Crippen molar-refractivity contribution < 1.29 is 4.79 Å². The Morgan fingerprint density at radius 1 is 0.857 bits per heavy atom. The number of rotatable bonds is 9. The van der Waals surface area contributed by atoms with Gasteiger partial charge in [0.25, 0.3) is 5.91 Å². The number of nitrogens with one attached hydrogen (secondary N) is 1. The van der Waals surface area contributed by atoms with Crippen molar-refractivity contribution in [2.24, 2.45) is 5.10 Å². The van der Waals surface area contributed by atoms with E-state index < -0.39 is 0 Å². The van der Waals surface area contributed by atoms with Crippen molar-refractivity contribution in [1.29, 1.82) is 0 Å². The Balaban J connectivity index is 1.19. The number of hydrogen-bond acceptors (Lipinski definition) is 7. The third-order valence-electron chi connectivity index (χ3n) is 6.40. The van der Waals surface area contributed by atoms with Crippen molar-refractivity contribution in [3.63, 3.8) is 0 Å². The Morgan fingerprint density at radius 2 is 1.55 bits per heavy atom. The number of pyridine rings is 1. The molecule has 206 valence electrons. The summed E-state index contributed by atoms with van der Waals surface area (Å²) in [6, 6.07) is 31.6. The smallest absolute Gasteiger partial charge is 0.250 e. The molecule has 10 heteroatoms. The maximum Gasteiger partial charge on any atom is 0.250 e. The van der Waals surface area contributed by atoms with Crippen LogP contribution in [0.25, 0.3) is 34.0 Å². The number of aromatic nitrogens is 6. The molecule has 0 saturated carbocycles. The normalized spacial score (nSPS) is 11.2. The molecule has 42 heavy (non-hydrogen) atoms. The minimum absolute atomic E-state index is 0.104. The fraction of sp³-hybridized carbons (Fsp3) is 0.0625. The van der Waals surface area contributed by atoms with Crippen LogP contribution >= 0.6 is 11.8 Å². The van der Waals surface area contributed by atoms with Crippen LogP contribution in [0.5, 0.6) is 0 Å². The molecule has 0 radical (unpaired) electrons. The van der Waals surface area contributed by atoms with Gasteiger partial charge in [0, 0.05) is 41.0 Å². The molecule has 3 aromatic heterocycles. The predicted molar refractivity (Wildman–Crippen MR) is 165 cm³/mol. The van der Waals surface area contributed by atoms with E-state index in [0.717, 1.165) is 39.3 Å². The van der Waals surface area contributed by atoms with E-state index in [1.54, 1.807) is 18.6 Å². The summed E-state index contributed by atoms with van der Waals surface area (Å²) in [5, 5.41) is 18.4. The molecule has 0 spiro atoms. The molecule has 3 heterocycles. The highest BCUT2D eigenvalue weighted by molar-refractivity contribution is 7.99. The molecule has 3 aromatic carbocycles. The molecule has 0 saturated heterocycles. The summed E-state index contributed by atoms with van der Waals surface area (Å²) < 4.78 is 3.74. The van der Waals surface area contributed by atoms with E-state index in [1.807, 2.05) is 119 Å². The maximum atomic E-state index is 12.8. The van der Waals surface area contributed by atoms with Gasteiger partial charge < -0.3 is 0 Å². The maximum absolute atomic E-state index is 12.8. The van der Waals surface area contributed by atoms with Crippen LogP contribution in [-0.4, -0.2) is 47.4 Å². The average molecular weight is 571 g/mol. The molecular formula is C32H26N8OS. The lowest BCUT2D eigenvalue weighted by atomic mass is 10.1. The second kappa shape index (κ2) is 12.4. The highest BCUT2D eigenvalue weighted by Gasteiger charge is 2.17. The van der Waals surface area contributed by atoms with E-state index in [9.17, 15) is 4.79 Å². The van der Waals surface area contributed by atoms with Crippen LogP contribution in [0, 0.1) is 6.92 Å². The van der Waals surface area contributed by atoms with Crippen LogP contribution in [0.1, 0.15) is 11.1 Å². The molecule has 1 N–H and O–H groups in total. The summed E-state index contributed by atoms with van der Waals surface area (Å²) >= 11 is 1.29. The third kappa shape index (κ3) is 6.03. The van der Waals surface area contributed by atoms with Crippen molar-refractivity contribution >= 4 is 23.9 Å². The summed E-state index contributed by atoms with van der Waals surface area (Å²) in [6.45, 7) is 2.05. The van der Waals surface area contributed by atoms with E-state index in [4.69, 9.17) is 5.10 Å². The number of carbonyl (C=O) groups excluding carboxylic acids is 1. The first-order valence-corrected chi connectivity index (χ1v) is 14.2. The van der Waals surface area contributed by atoms with Gasteiger partial charge in [0.1, 0.15) is 5.69 Å². The number of thioether (sulfide) groups is 1. The number of carbonyl (C=O) groups is 1. The van der Waals surface area contributed by atoms with Crippen LogP contribution in [0.3, 0.4) is 0 Å². The Morgan fingerprint density at radius 3 is 2.26 bits per heavy atom. The van der Waals surface area contributed by atoms with Gasteiger partial charge in [0.05, 0.1) is 17.7 Å². The number of nitrogens with zero attached hydrogens (tertiary/aromatic N) is 7. The number of amides is 1. The second-order valence-electron chi connectivity index (χ2n) is 9.37. The molecule has 0 fully saturated rings. The Hall–Kier alpha value is -5.35. The van der Waals surface area contributed by atoms with E-state index >= 15 is 0 Å². The lowest BCUT2D eigenvalue weighted by Crippen LogP contribution is -2.20. The number of hydrazone groups is 1. The van der Waals surface area contributed by atoms with Gasteiger partial charge in [0.2, 0.25) is 0 Å². The van der Waals surface area contributed by atoms with E-state index in [1.165, 1.54) is 11.8 Å². The first-order chi connectivity index (χ1) is 20.7. The average Bonchev–Trinajstić information content (AvgIpc) is 3.67. The zero-order chi connectivity index (χ0) is 28.7. The number of benzene rings is 3. The van der Waals surface area contributed by atoms with Crippen molar-refractivity contribution in [2.75, 3.05) is 5.75 Å². The summed E-state index contributed by atoms with van der Waals surface area (Å²) in [5.41, 5.74) is 9.02. The first-order valence-electron chi connectivity index (χ1n) is 13.2. The van der Waals surface area contributed by atoms with Crippen LogP contribution in [0.2, 0.25) is 0 Å². The van der Waals surface area contributed by atoms with Gasteiger partial charge in [-0.3, -0.25) is 14.3 Å². The Labute approximate surface area is 247 Å². The fourth-order valence-corrected chi connectivity index (χ4v) is 5.07. The van der Waals surface area contributed by atoms with Gasteiger partial charge in [-0.25, -0.2) is 10.1 Å². The van der Waals surface area contributed by atoms with Gasteiger partial charge in [-0.1, -0.05) is 78.0 Å². The van der Waals surface area contributed by atoms with E-state index in [0.29, 0.717) is 11.0 Å². The molecule has 6 rings (SSSR count). The largest absolute Gasteiger partial charge is 0.272 e. The Bertz CT molecular complexity index is 1820. The van der Waals surface area contributed by atoms with Crippen LogP contribution < -0.4 is 5.43 Å². The van der Waals surface area contributed by atoms with Crippen molar-refractivity contribution in [3.8, 4) is 34.0 Å². The van der Waals surface area contributed by atoms with Crippen molar-refractivity contribution in [2.45, 2.75) is 12.1 Å². The topological polar surface area (TPSA) is 103 Å². The van der Waals surface area contributed by atoms with Crippen molar-refractivity contribution in [1.82, 2.24) is 35.0 Å². The number of aryl methyl sites for hydroxylation is 1. The molecule has 0 bridgehead atoms. The summed E-state index contributed by atoms with van der Waals surface area (Å²) in [4.78, 5) is 16.9. The highest BCUT2D eigenvalue weighted by atomic mass is 32.2. The predicted octanol–water partition coefficient (Wildman–Crippen LogP) is 5.73. The molecule has 0 aliphatic carbocycles. The van der Waals surface area contributed by atoms with E-state index in [2.05, 4.69) is 25.7 Å². The van der Waals surface area contributed by atoms with E-state index in [-0.39, 0.29) is 11.7 Å². The van der Waals surface area contributed by atoms with Crippen molar-refractivity contribution in [3.05, 3.63) is 127 Å². The molecule has 0 aliphatic heterocycles. The van der Waals surface area contributed by atoms with Gasteiger partial charge in [0.15, 0.2) is 11.0 Å². The van der Waals surface area contributed by atoms with Gasteiger partial charge in [-0.15, -0.1) is 10.2 Å². The number of para-hydroxylation sites is 2. The molecule has 9 nitrogen and oxygen atoms in total.